The summed E-state index contributed by atoms with van der Waals surface area (Å²) >= 11 is 0. The second-order valence-corrected chi connectivity index (χ2v) is 8.28. The second kappa shape index (κ2) is 9.03. The number of fused-ring (bicyclic) bond motifs is 1. The number of hydrogen-bond acceptors (Lipinski definition) is 7. The van der Waals surface area contributed by atoms with Gasteiger partial charge in [-0.15, -0.1) is 0 Å². The summed E-state index contributed by atoms with van der Waals surface area (Å²) in [5.74, 6) is 0.792. The lowest BCUT2D eigenvalue weighted by molar-refractivity contribution is -0.0365. The minimum atomic E-state index is -0.889. The van der Waals surface area contributed by atoms with Crippen LogP contribution in [0.5, 0.6) is 0 Å². The molecule has 0 radical (unpaired) electrons. The Labute approximate surface area is 191 Å². The van der Waals surface area contributed by atoms with Gasteiger partial charge in [-0.05, 0) is 37.5 Å². The van der Waals surface area contributed by atoms with Crippen molar-refractivity contribution in [3.8, 4) is 17.5 Å². The van der Waals surface area contributed by atoms with Gasteiger partial charge in [-0.1, -0.05) is 6.07 Å². The normalized spacial score (nSPS) is 18.9. The first-order valence-corrected chi connectivity index (χ1v) is 11.2. The van der Waals surface area contributed by atoms with Crippen molar-refractivity contribution in [2.75, 3.05) is 37.7 Å². The van der Waals surface area contributed by atoms with Gasteiger partial charge in [-0.3, -0.25) is 4.98 Å². The first-order valence-electron chi connectivity index (χ1n) is 11.2. The third kappa shape index (κ3) is 4.19. The molecule has 33 heavy (non-hydrogen) atoms. The van der Waals surface area contributed by atoms with Crippen molar-refractivity contribution in [3.63, 3.8) is 0 Å². The molecule has 0 aromatic carbocycles. The minimum absolute atomic E-state index is 0.147. The first-order chi connectivity index (χ1) is 16.1. The Hall–Kier alpha value is -3.71. The van der Waals surface area contributed by atoms with Crippen LogP contribution in [-0.4, -0.2) is 68.6 Å². The van der Waals surface area contributed by atoms with Crippen LogP contribution in [0, 0.1) is 11.3 Å². The van der Waals surface area contributed by atoms with Crippen molar-refractivity contribution in [3.05, 3.63) is 36.2 Å². The Morgan fingerprint density at radius 3 is 2.82 bits per heavy atom. The highest BCUT2D eigenvalue weighted by molar-refractivity contribution is 5.92. The van der Waals surface area contributed by atoms with Gasteiger partial charge in [-0.2, -0.15) is 10.4 Å². The van der Waals surface area contributed by atoms with Gasteiger partial charge in [-0.25, -0.2) is 14.5 Å². The summed E-state index contributed by atoms with van der Waals surface area (Å²) in [6, 6.07) is 9.88. The van der Waals surface area contributed by atoms with E-state index in [0.29, 0.717) is 38.5 Å². The van der Waals surface area contributed by atoms with Gasteiger partial charge < -0.3 is 19.6 Å². The van der Waals surface area contributed by atoms with Crippen LogP contribution in [0.3, 0.4) is 0 Å². The van der Waals surface area contributed by atoms with Crippen molar-refractivity contribution in [1.29, 1.82) is 5.26 Å². The molecule has 3 aromatic rings. The lowest BCUT2D eigenvalue weighted by Gasteiger charge is -2.33. The molecule has 1 amide bonds. The van der Waals surface area contributed by atoms with Crippen molar-refractivity contribution < 1.29 is 14.6 Å². The molecule has 2 aliphatic heterocycles. The van der Waals surface area contributed by atoms with Crippen molar-refractivity contribution in [2.45, 2.75) is 31.9 Å². The van der Waals surface area contributed by atoms with Crippen LogP contribution in [0.1, 0.15) is 31.2 Å². The Morgan fingerprint density at radius 1 is 1.24 bits per heavy atom. The lowest BCUT2D eigenvalue weighted by atomic mass is 10.1. The standard InChI is InChI=1S/C23H25N7O3/c24-8-7-16-14-17-19(15-25-16)30(21-6-1-2-13-33-21)27-22(17)18-4-3-5-20(26-18)28-9-11-29(12-10-28)23(31)32/h3-5,14-15,21H,1-2,6-7,9-13H2,(H,31,32). The van der Waals surface area contributed by atoms with Crippen LogP contribution in [0.2, 0.25) is 0 Å². The van der Waals surface area contributed by atoms with E-state index in [1.807, 2.05) is 28.9 Å². The monoisotopic (exact) mass is 447 g/mol. The van der Waals surface area contributed by atoms with Gasteiger partial charge in [0.1, 0.15) is 11.5 Å². The highest BCUT2D eigenvalue weighted by atomic mass is 16.5. The largest absolute Gasteiger partial charge is 0.465 e. The maximum atomic E-state index is 11.2. The fourth-order valence-electron chi connectivity index (χ4n) is 4.44. The number of carboxylic acid groups (broad SMARTS) is 1. The SMILES string of the molecule is N#CCc1cc2c(-c3cccc(N4CCN(C(=O)O)CC4)n3)nn(C3CCCCO3)c2cn1. The van der Waals surface area contributed by atoms with Crippen LogP contribution >= 0.6 is 0 Å². The molecule has 2 saturated heterocycles. The average Bonchev–Trinajstić information content (AvgIpc) is 3.24. The number of carbonyl (C=O) groups is 1. The van der Waals surface area contributed by atoms with Gasteiger partial charge >= 0.3 is 6.09 Å². The molecule has 2 fully saturated rings. The zero-order valence-electron chi connectivity index (χ0n) is 18.2. The molecule has 5 rings (SSSR count). The number of rotatable bonds is 4. The van der Waals surface area contributed by atoms with Crippen LogP contribution < -0.4 is 4.90 Å². The van der Waals surface area contributed by atoms with Gasteiger partial charge in [0.05, 0.1) is 35.6 Å². The summed E-state index contributed by atoms with van der Waals surface area (Å²) in [5.41, 5.74) is 3.01. The number of pyridine rings is 2. The molecule has 0 saturated carbocycles. The van der Waals surface area contributed by atoms with Crippen molar-refractivity contribution in [1.82, 2.24) is 24.6 Å². The number of nitrogens with zero attached hydrogens (tertiary/aromatic N) is 7. The molecule has 10 heteroatoms. The number of amides is 1. The second-order valence-electron chi connectivity index (χ2n) is 8.28. The molecular formula is C23H25N7O3. The maximum Gasteiger partial charge on any atom is 0.407 e. The fourth-order valence-corrected chi connectivity index (χ4v) is 4.44. The smallest absolute Gasteiger partial charge is 0.407 e. The topological polar surface area (TPSA) is 120 Å². The Morgan fingerprint density at radius 2 is 2.09 bits per heavy atom. The Balaban J connectivity index is 1.52. The summed E-state index contributed by atoms with van der Waals surface area (Å²) < 4.78 is 7.88. The lowest BCUT2D eigenvalue weighted by Crippen LogP contribution is -2.48. The molecule has 1 unspecified atom stereocenters. The zero-order chi connectivity index (χ0) is 22.8. The zero-order valence-corrected chi connectivity index (χ0v) is 18.2. The van der Waals surface area contributed by atoms with E-state index in [-0.39, 0.29) is 12.6 Å². The maximum absolute atomic E-state index is 11.2. The molecule has 2 aliphatic rings. The van der Waals surface area contributed by atoms with Crippen LogP contribution in [0.4, 0.5) is 10.6 Å². The third-order valence-electron chi connectivity index (χ3n) is 6.19. The number of hydrogen-bond donors (Lipinski definition) is 1. The quantitative estimate of drug-likeness (QED) is 0.648. The van der Waals surface area contributed by atoms with E-state index < -0.39 is 6.09 Å². The van der Waals surface area contributed by atoms with Crippen molar-refractivity contribution in [2.24, 2.45) is 0 Å². The molecule has 0 bridgehead atoms. The summed E-state index contributed by atoms with van der Waals surface area (Å²) in [6.45, 7) is 2.77. The predicted molar refractivity (Wildman–Crippen MR) is 121 cm³/mol. The van der Waals surface area contributed by atoms with E-state index in [9.17, 15) is 9.90 Å². The molecule has 0 spiro atoms. The van der Waals surface area contributed by atoms with E-state index in [2.05, 4.69) is 16.0 Å². The van der Waals surface area contributed by atoms with E-state index in [1.165, 1.54) is 4.90 Å². The Kier molecular flexibility index (Phi) is 5.79. The molecule has 1 N–H and O–H groups in total. The van der Waals surface area contributed by atoms with Gasteiger partial charge in [0, 0.05) is 38.2 Å². The fraction of sp³-hybridized carbons (Fsp3) is 0.435. The van der Waals surface area contributed by atoms with Crippen molar-refractivity contribution >= 4 is 22.8 Å². The van der Waals surface area contributed by atoms with E-state index in [1.54, 1.807) is 6.20 Å². The van der Waals surface area contributed by atoms with Gasteiger partial charge in [0.25, 0.3) is 0 Å². The molecule has 1 atom stereocenters. The highest BCUT2D eigenvalue weighted by Crippen LogP contribution is 2.33. The molecular weight excluding hydrogens is 422 g/mol. The van der Waals surface area contributed by atoms with Crippen LogP contribution in [-0.2, 0) is 11.2 Å². The predicted octanol–water partition coefficient (Wildman–Crippen LogP) is 3.06. The van der Waals surface area contributed by atoms with Crippen LogP contribution in [0.25, 0.3) is 22.3 Å². The number of piperazine rings is 1. The van der Waals surface area contributed by atoms with Gasteiger partial charge in [0.15, 0.2) is 6.23 Å². The summed E-state index contributed by atoms with van der Waals surface area (Å²) in [5, 5.41) is 24.1. The van der Waals surface area contributed by atoms with Gasteiger partial charge in [0.2, 0.25) is 0 Å². The van der Waals surface area contributed by atoms with E-state index in [4.69, 9.17) is 20.1 Å². The molecule has 170 valence electrons. The molecule has 0 aliphatic carbocycles. The number of nitriles is 1. The minimum Gasteiger partial charge on any atom is -0.465 e. The van der Waals surface area contributed by atoms with E-state index >= 15 is 0 Å². The molecule has 10 nitrogen and oxygen atoms in total. The third-order valence-corrected chi connectivity index (χ3v) is 6.19. The number of aromatic nitrogens is 4. The van der Waals surface area contributed by atoms with E-state index in [0.717, 1.165) is 47.4 Å². The molecule has 5 heterocycles. The summed E-state index contributed by atoms with van der Waals surface area (Å²) in [4.78, 5) is 24.1. The highest BCUT2D eigenvalue weighted by Gasteiger charge is 2.24. The Bertz CT molecular complexity index is 1200. The number of anilines is 1. The summed E-state index contributed by atoms with van der Waals surface area (Å²) in [6.07, 6.45) is 3.97. The molecule has 3 aromatic heterocycles. The first kappa shape index (κ1) is 21.2. The average molecular weight is 447 g/mol. The summed E-state index contributed by atoms with van der Waals surface area (Å²) in [7, 11) is 0. The number of ether oxygens (including phenoxy) is 1. The van der Waals surface area contributed by atoms with Crippen LogP contribution in [0.15, 0.2) is 30.5 Å².